The monoisotopic (exact) mass is 323 g/mol. The molecule has 2 heterocycles. The molecule has 19 heavy (non-hydrogen) atoms. The van der Waals surface area contributed by atoms with E-state index in [1.807, 2.05) is 12.4 Å². The van der Waals surface area contributed by atoms with Gasteiger partial charge in [-0.2, -0.15) is 0 Å². The molecule has 104 valence electrons. The van der Waals surface area contributed by atoms with Gasteiger partial charge in [-0.1, -0.05) is 12.8 Å². The van der Waals surface area contributed by atoms with Gasteiger partial charge in [0.15, 0.2) is 0 Å². The van der Waals surface area contributed by atoms with E-state index in [2.05, 4.69) is 44.1 Å². The summed E-state index contributed by atoms with van der Waals surface area (Å²) in [6, 6.07) is 2.79. The van der Waals surface area contributed by atoms with Crippen LogP contribution in [-0.2, 0) is 6.54 Å². The summed E-state index contributed by atoms with van der Waals surface area (Å²) in [4.78, 5) is 6.99. The Labute approximate surface area is 123 Å². The lowest BCUT2D eigenvalue weighted by Gasteiger charge is -2.47. The third-order valence-electron chi connectivity index (χ3n) is 4.61. The number of piperazine rings is 1. The molecular weight excluding hydrogens is 302 g/mol. The summed E-state index contributed by atoms with van der Waals surface area (Å²) in [5.41, 5.74) is 1.71. The fraction of sp³-hybridized carbons (Fsp3) is 0.667. The van der Waals surface area contributed by atoms with Crippen LogP contribution in [0.2, 0.25) is 0 Å². The van der Waals surface area contributed by atoms with E-state index in [1.54, 1.807) is 0 Å². The molecule has 1 aliphatic carbocycles. The third kappa shape index (κ3) is 2.86. The van der Waals surface area contributed by atoms with Crippen LogP contribution in [-0.4, -0.2) is 34.6 Å². The van der Waals surface area contributed by atoms with Crippen LogP contribution in [0.5, 0.6) is 0 Å². The first-order valence-electron chi connectivity index (χ1n) is 7.26. The van der Waals surface area contributed by atoms with Gasteiger partial charge >= 0.3 is 0 Å². The van der Waals surface area contributed by atoms with Crippen LogP contribution in [0.15, 0.2) is 22.9 Å². The Morgan fingerprint density at radius 1 is 1.42 bits per heavy atom. The molecule has 1 unspecified atom stereocenters. The first-order valence-corrected chi connectivity index (χ1v) is 8.05. The standard InChI is InChI=1S/C15H22BrN3/c1-12-9-19(10-13-6-14(16)8-17-7-13)15(11-18-12)4-2-3-5-15/h6-8,12,18H,2-5,9-11H2,1H3. The van der Waals surface area contributed by atoms with Crippen molar-refractivity contribution in [3.63, 3.8) is 0 Å². The van der Waals surface area contributed by atoms with E-state index in [0.717, 1.165) is 24.1 Å². The van der Waals surface area contributed by atoms with Crippen molar-refractivity contribution in [1.82, 2.24) is 15.2 Å². The van der Waals surface area contributed by atoms with E-state index in [-0.39, 0.29) is 0 Å². The Balaban J connectivity index is 1.79. The van der Waals surface area contributed by atoms with Crippen molar-refractivity contribution in [2.75, 3.05) is 13.1 Å². The molecule has 1 aliphatic heterocycles. The predicted molar refractivity (Wildman–Crippen MR) is 81.0 cm³/mol. The minimum atomic E-state index is 0.398. The van der Waals surface area contributed by atoms with E-state index >= 15 is 0 Å². The SMILES string of the molecule is CC1CN(Cc2cncc(Br)c2)C2(CCCC2)CN1. The Hall–Kier alpha value is -0.450. The van der Waals surface area contributed by atoms with Crippen molar-refractivity contribution < 1.29 is 0 Å². The van der Waals surface area contributed by atoms with Gasteiger partial charge in [0.05, 0.1) is 0 Å². The molecule has 2 fully saturated rings. The van der Waals surface area contributed by atoms with Gasteiger partial charge in [-0.15, -0.1) is 0 Å². The minimum absolute atomic E-state index is 0.398. The Morgan fingerprint density at radius 2 is 2.21 bits per heavy atom. The van der Waals surface area contributed by atoms with Crippen molar-refractivity contribution in [1.29, 1.82) is 0 Å². The maximum Gasteiger partial charge on any atom is 0.0410 e. The van der Waals surface area contributed by atoms with Gasteiger partial charge in [-0.05, 0) is 47.3 Å². The maximum atomic E-state index is 4.29. The second kappa shape index (κ2) is 5.51. The first kappa shape index (κ1) is 13.5. The Morgan fingerprint density at radius 3 is 2.95 bits per heavy atom. The molecule has 1 atom stereocenters. The van der Waals surface area contributed by atoms with E-state index in [0.29, 0.717) is 11.6 Å². The average molecular weight is 324 g/mol. The fourth-order valence-corrected chi connectivity index (χ4v) is 4.00. The largest absolute Gasteiger partial charge is 0.311 e. The fourth-order valence-electron chi connectivity index (χ4n) is 3.59. The van der Waals surface area contributed by atoms with E-state index in [4.69, 9.17) is 0 Å². The summed E-state index contributed by atoms with van der Waals surface area (Å²) in [6.45, 7) is 5.61. The van der Waals surface area contributed by atoms with E-state index < -0.39 is 0 Å². The number of nitrogens with zero attached hydrogens (tertiary/aromatic N) is 2. The van der Waals surface area contributed by atoms with Crippen molar-refractivity contribution in [2.24, 2.45) is 0 Å². The molecule has 1 aromatic rings. The predicted octanol–water partition coefficient (Wildman–Crippen LogP) is 2.95. The smallest absolute Gasteiger partial charge is 0.0410 e. The summed E-state index contributed by atoms with van der Waals surface area (Å²) in [5.74, 6) is 0. The summed E-state index contributed by atoms with van der Waals surface area (Å²) >= 11 is 3.52. The molecule has 1 aromatic heterocycles. The van der Waals surface area contributed by atoms with Gasteiger partial charge in [-0.25, -0.2) is 0 Å². The third-order valence-corrected chi connectivity index (χ3v) is 5.05. The normalized spacial score (nSPS) is 26.9. The topological polar surface area (TPSA) is 28.2 Å². The molecule has 3 nitrogen and oxygen atoms in total. The molecular formula is C15H22BrN3. The molecule has 0 aromatic carbocycles. The molecule has 1 saturated carbocycles. The minimum Gasteiger partial charge on any atom is -0.311 e. The average Bonchev–Trinajstić information content (AvgIpc) is 2.84. The lowest BCUT2D eigenvalue weighted by molar-refractivity contribution is 0.0392. The second-order valence-corrected chi connectivity index (χ2v) is 7.02. The molecule has 1 saturated heterocycles. The van der Waals surface area contributed by atoms with E-state index in [1.165, 1.54) is 31.2 Å². The van der Waals surface area contributed by atoms with Crippen molar-refractivity contribution in [3.8, 4) is 0 Å². The van der Waals surface area contributed by atoms with Crippen LogP contribution in [0, 0.1) is 0 Å². The number of hydrogen-bond acceptors (Lipinski definition) is 3. The highest BCUT2D eigenvalue weighted by Crippen LogP contribution is 2.37. The van der Waals surface area contributed by atoms with E-state index in [9.17, 15) is 0 Å². The van der Waals surface area contributed by atoms with Gasteiger partial charge in [0.1, 0.15) is 0 Å². The molecule has 0 bridgehead atoms. The van der Waals surface area contributed by atoms with Crippen LogP contribution in [0.3, 0.4) is 0 Å². The number of pyridine rings is 1. The summed E-state index contributed by atoms with van der Waals surface area (Å²) in [5, 5.41) is 3.68. The molecule has 2 aliphatic rings. The highest BCUT2D eigenvalue weighted by atomic mass is 79.9. The van der Waals surface area contributed by atoms with Gasteiger partial charge in [0.2, 0.25) is 0 Å². The first-order chi connectivity index (χ1) is 9.18. The van der Waals surface area contributed by atoms with Crippen molar-refractivity contribution in [3.05, 3.63) is 28.5 Å². The van der Waals surface area contributed by atoms with Crippen LogP contribution in [0.25, 0.3) is 0 Å². The summed E-state index contributed by atoms with van der Waals surface area (Å²) in [7, 11) is 0. The number of halogens is 1. The highest BCUT2D eigenvalue weighted by Gasteiger charge is 2.42. The van der Waals surface area contributed by atoms with Gasteiger partial charge in [-0.3, -0.25) is 9.88 Å². The second-order valence-electron chi connectivity index (χ2n) is 6.11. The van der Waals surface area contributed by atoms with Crippen LogP contribution >= 0.6 is 15.9 Å². The zero-order valence-electron chi connectivity index (χ0n) is 11.5. The van der Waals surface area contributed by atoms with Gasteiger partial charge < -0.3 is 5.32 Å². The quantitative estimate of drug-likeness (QED) is 0.907. The Bertz CT molecular complexity index is 443. The number of nitrogens with one attached hydrogen (secondary N) is 1. The Kier molecular flexibility index (Phi) is 3.92. The summed E-state index contributed by atoms with van der Waals surface area (Å²) < 4.78 is 1.08. The molecule has 0 amide bonds. The molecule has 3 rings (SSSR count). The molecule has 1 N–H and O–H groups in total. The van der Waals surface area contributed by atoms with Crippen LogP contribution < -0.4 is 5.32 Å². The van der Waals surface area contributed by atoms with Gasteiger partial charge in [0.25, 0.3) is 0 Å². The summed E-state index contributed by atoms with van der Waals surface area (Å²) in [6.07, 6.45) is 9.30. The van der Waals surface area contributed by atoms with Crippen molar-refractivity contribution in [2.45, 2.75) is 50.7 Å². The van der Waals surface area contributed by atoms with Gasteiger partial charge in [0, 0.05) is 48.1 Å². The zero-order chi connectivity index (χ0) is 13.3. The van der Waals surface area contributed by atoms with Crippen LogP contribution in [0.4, 0.5) is 0 Å². The number of rotatable bonds is 2. The lowest BCUT2D eigenvalue weighted by Crippen LogP contribution is -2.62. The van der Waals surface area contributed by atoms with Crippen LogP contribution in [0.1, 0.15) is 38.2 Å². The highest BCUT2D eigenvalue weighted by molar-refractivity contribution is 9.10. The number of hydrogen-bond donors (Lipinski definition) is 1. The molecule has 0 radical (unpaired) electrons. The lowest BCUT2D eigenvalue weighted by atomic mass is 9.90. The number of aromatic nitrogens is 1. The molecule has 4 heteroatoms. The zero-order valence-corrected chi connectivity index (χ0v) is 13.1. The molecule has 1 spiro atoms. The maximum absolute atomic E-state index is 4.29. The van der Waals surface area contributed by atoms with Crippen molar-refractivity contribution >= 4 is 15.9 Å².